The molecule has 0 radical (unpaired) electrons. The number of hydrogen-bond donors (Lipinski definition) is 1. The van der Waals surface area contributed by atoms with E-state index in [4.69, 9.17) is 34.8 Å². The number of nitrogens with zero attached hydrogens (tertiary/aromatic N) is 1. The predicted molar refractivity (Wildman–Crippen MR) is 99.1 cm³/mol. The van der Waals surface area contributed by atoms with Crippen molar-refractivity contribution in [2.45, 2.75) is 26.2 Å². The number of halogens is 3. The lowest BCUT2D eigenvalue weighted by Crippen LogP contribution is -2.22. The Morgan fingerprint density at radius 2 is 1.78 bits per heavy atom. The maximum absolute atomic E-state index is 12.4. The van der Waals surface area contributed by atoms with Crippen LogP contribution in [0.25, 0.3) is 0 Å². The Labute approximate surface area is 155 Å². The van der Waals surface area contributed by atoms with E-state index in [0.29, 0.717) is 10.6 Å². The van der Waals surface area contributed by atoms with E-state index >= 15 is 0 Å². The molecule has 0 aliphatic rings. The number of likely N-dealkylation sites (N-methyl/N-ethyl adjacent to an activating group) is 1. The van der Waals surface area contributed by atoms with Crippen molar-refractivity contribution in [2.24, 2.45) is 0 Å². The van der Waals surface area contributed by atoms with Crippen LogP contribution in [0.5, 0.6) is 0 Å². The first-order chi connectivity index (χ1) is 10.4. The van der Waals surface area contributed by atoms with Crippen molar-refractivity contribution in [3.8, 4) is 0 Å². The largest absolute Gasteiger partial charge is 0.320 e. The quantitative estimate of drug-likeness (QED) is 0.583. The van der Waals surface area contributed by atoms with Crippen LogP contribution in [0.1, 0.15) is 35.3 Å². The molecular weight excluding hydrogens is 379 g/mol. The number of hydrogen-bond acceptors (Lipinski definition) is 4. The minimum atomic E-state index is -0.649. The Morgan fingerprint density at radius 3 is 2.22 bits per heavy atom. The predicted octanol–water partition coefficient (Wildman–Crippen LogP) is 4.61. The molecule has 4 nitrogen and oxygen atoms in total. The number of amides is 1. The van der Waals surface area contributed by atoms with Gasteiger partial charge >= 0.3 is 0 Å². The van der Waals surface area contributed by atoms with Crippen molar-refractivity contribution in [3.63, 3.8) is 0 Å². The van der Waals surface area contributed by atoms with Crippen molar-refractivity contribution in [1.82, 2.24) is 4.90 Å². The first-order valence-electron chi connectivity index (χ1n) is 6.78. The van der Waals surface area contributed by atoms with E-state index in [9.17, 15) is 9.59 Å². The first-order valence-corrected chi connectivity index (χ1v) is 8.73. The summed E-state index contributed by atoms with van der Waals surface area (Å²) in [5, 5.41) is 2.29. The van der Waals surface area contributed by atoms with E-state index in [-0.39, 0.29) is 27.3 Å². The van der Waals surface area contributed by atoms with Gasteiger partial charge in [0.25, 0.3) is 5.91 Å². The standard InChI is InChI=1S/C15H19Cl3N2O2S/c1-15(2,3)10-6-8(19-14(22)11(16)13(17)18)12(23-10)9(21)7-20(4)5/h6H,7H2,1-5H3,(H,19,22). The monoisotopic (exact) mass is 396 g/mol. The van der Waals surface area contributed by atoms with Gasteiger partial charge in [-0.25, -0.2) is 0 Å². The van der Waals surface area contributed by atoms with Crippen LogP contribution in [0, 0.1) is 0 Å². The highest BCUT2D eigenvalue weighted by Crippen LogP contribution is 2.36. The first kappa shape index (κ1) is 20.5. The fourth-order valence-electron chi connectivity index (χ4n) is 1.68. The zero-order valence-corrected chi connectivity index (χ0v) is 16.7. The van der Waals surface area contributed by atoms with Crippen LogP contribution in [-0.2, 0) is 10.2 Å². The Balaban J connectivity index is 3.23. The summed E-state index contributed by atoms with van der Waals surface area (Å²) in [5.74, 6) is -0.730. The number of Topliss-reactive ketones (excluding diaryl/α,β-unsaturated/α-hetero) is 1. The van der Waals surface area contributed by atoms with Gasteiger partial charge in [-0.15, -0.1) is 11.3 Å². The summed E-state index contributed by atoms with van der Waals surface area (Å²) in [6, 6.07) is 1.79. The molecule has 0 bridgehead atoms. The van der Waals surface area contributed by atoms with Crippen LogP contribution >= 0.6 is 46.1 Å². The van der Waals surface area contributed by atoms with Crippen LogP contribution < -0.4 is 5.32 Å². The van der Waals surface area contributed by atoms with E-state index in [0.717, 1.165) is 4.88 Å². The summed E-state index contributed by atoms with van der Waals surface area (Å²) in [6.45, 7) is 6.35. The Morgan fingerprint density at radius 1 is 1.22 bits per heavy atom. The minimum Gasteiger partial charge on any atom is -0.320 e. The number of anilines is 1. The fraction of sp³-hybridized carbons (Fsp3) is 0.467. The summed E-state index contributed by atoms with van der Waals surface area (Å²) < 4.78 is -0.323. The number of rotatable bonds is 5. The Bertz CT molecular complexity index is 642. The molecule has 1 rings (SSSR count). The molecule has 0 fully saturated rings. The van der Waals surface area contributed by atoms with E-state index < -0.39 is 5.91 Å². The molecule has 1 heterocycles. The third kappa shape index (κ3) is 5.76. The van der Waals surface area contributed by atoms with Crippen molar-refractivity contribution in [2.75, 3.05) is 26.0 Å². The van der Waals surface area contributed by atoms with Gasteiger partial charge in [-0.1, -0.05) is 55.6 Å². The molecule has 0 unspecified atom stereocenters. The Hall–Kier alpha value is -0.590. The van der Waals surface area contributed by atoms with Crippen LogP contribution in [0.3, 0.4) is 0 Å². The number of ketones is 1. The third-order valence-corrected chi connectivity index (χ3v) is 5.33. The van der Waals surface area contributed by atoms with Gasteiger partial charge in [0.05, 0.1) is 17.1 Å². The average Bonchev–Trinajstić information content (AvgIpc) is 2.80. The Kier molecular flexibility index (Phi) is 7.11. The van der Waals surface area contributed by atoms with Gasteiger partial charge in [-0.2, -0.15) is 0 Å². The van der Waals surface area contributed by atoms with Gasteiger partial charge in [0.2, 0.25) is 0 Å². The molecule has 1 aromatic rings. The average molecular weight is 398 g/mol. The topological polar surface area (TPSA) is 49.4 Å². The van der Waals surface area contributed by atoms with Gasteiger partial charge in [0, 0.05) is 4.88 Å². The lowest BCUT2D eigenvalue weighted by atomic mass is 9.94. The summed E-state index contributed by atoms with van der Waals surface area (Å²) in [5.41, 5.74) is 0.273. The molecule has 8 heteroatoms. The van der Waals surface area contributed by atoms with Gasteiger partial charge < -0.3 is 10.2 Å². The third-order valence-electron chi connectivity index (χ3n) is 2.80. The molecule has 0 aliphatic carbocycles. The summed E-state index contributed by atoms with van der Waals surface area (Å²) in [4.78, 5) is 27.7. The zero-order chi connectivity index (χ0) is 17.9. The highest BCUT2D eigenvalue weighted by atomic mass is 35.5. The molecule has 0 aliphatic heterocycles. The molecule has 0 atom stereocenters. The second kappa shape index (κ2) is 7.99. The lowest BCUT2D eigenvalue weighted by molar-refractivity contribution is -0.112. The van der Waals surface area contributed by atoms with Crippen molar-refractivity contribution < 1.29 is 9.59 Å². The minimum absolute atomic E-state index is 0.0807. The summed E-state index contributed by atoms with van der Waals surface area (Å²) in [7, 11) is 3.61. The smallest absolute Gasteiger partial charge is 0.269 e. The summed E-state index contributed by atoms with van der Waals surface area (Å²) in [6.07, 6.45) is 0. The van der Waals surface area contributed by atoms with E-state index in [1.165, 1.54) is 11.3 Å². The molecule has 0 spiro atoms. The van der Waals surface area contributed by atoms with Crippen LogP contribution in [-0.4, -0.2) is 37.2 Å². The van der Waals surface area contributed by atoms with E-state index in [2.05, 4.69) is 5.32 Å². The van der Waals surface area contributed by atoms with Crippen molar-refractivity contribution in [1.29, 1.82) is 0 Å². The van der Waals surface area contributed by atoms with E-state index in [1.54, 1.807) is 25.1 Å². The van der Waals surface area contributed by atoms with Gasteiger partial charge in [-0.3, -0.25) is 9.59 Å². The number of thiophene rings is 1. The molecule has 23 heavy (non-hydrogen) atoms. The van der Waals surface area contributed by atoms with Gasteiger partial charge in [-0.05, 0) is 25.6 Å². The lowest BCUT2D eigenvalue weighted by Gasteiger charge is -2.15. The number of carbonyl (C=O) groups excluding carboxylic acids is 2. The molecule has 0 aromatic carbocycles. The SMILES string of the molecule is CN(C)CC(=O)c1sc(C(C)(C)C)cc1NC(=O)C(Cl)=C(Cl)Cl. The molecule has 128 valence electrons. The van der Waals surface area contributed by atoms with Crippen LogP contribution in [0.15, 0.2) is 15.6 Å². The second-order valence-corrected chi connectivity index (χ2v) is 8.67. The van der Waals surface area contributed by atoms with Gasteiger partial charge in [0.15, 0.2) is 5.78 Å². The highest BCUT2D eigenvalue weighted by Gasteiger charge is 2.25. The number of carbonyl (C=O) groups is 2. The summed E-state index contributed by atoms with van der Waals surface area (Å²) >= 11 is 18.1. The van der Waals surface area contributed by atoms with Gasteiger partial charge in [0.1, 0.15) is 9.52 Å². The number of nitrogens with one attached hydrogen (secondary N) is 1. The molecule has 1 N–H and O–H groups in total. The normalized spacial score (nSPS) is 11.5. The maximum Gasteiger partial charge on any atom is 0.269 e. The van der Waals surface area contributed by atoms with Crippen LogP contribution in [0.2, 0.25) is 0 Å². The van der Waals surface area contributed by atoms with E-state index in [1.807, 2.05) is 20.8 Å². The second-order valence-electron chi connectivity index (χ2n) is 6.29. The molecular formula is C15H19Cl3N2O2S. The molecule has 0 saturated heterocycles. The van der Waals surface area contributed by atoms with Crippen molar-refractivity contribution in [3.05, 3.63) is 25.3 Å². The van der Waals surface area contributed by atoms with Crippen molar-refractivity contribution >= 4 is 63.5 Å². The molecule has 1 aromatic heterocycles. The highest BCUT2D eigenvalue weighted by molar-refractivity contribution is 7.15. The maximum atomic E-state index is 12.4. The van der Waals surface area contributed by atoms with Crippen LogP contribution in [0.4, 0.5) is 5.69 Å². The fourth-order valence-corrected chi connectivity index (χ4v) is 3.00. The zero-order valence-electron chi connectivity index (χ0n) is 13.6. The molecule has 0 saturated carbocycles. The molecule has 1 amide bonds.